The topological polar surface area (TPSA) is 88.6 Å². The summed E-state index contributed by atoms with van der Waals surface area (Å²) in [6, 6.07) is 8.66. The molecule has 0 aliphatic carbocycles. The van der Waals surface area contributed by atoms with Crippen LogP contribution in [0.25, 0.3) is 0 Å². The summed E-state index contributed by atoms with van der Waals surface area (Å²) in [4.78, 5) is 41.2. The quantitative estimate of drug-likeness (QED) is 0.606. The summed E-state index contributed by atoms with van der Waals surface area (Å²) >= 11 is 5.81. The van der Waals surface area contributed by atoms with Gasteiger partial charge >= 0.3 is 5.97 Å². The molecule has 0 radical (unpaired) electrons. The van der Waals surface area contributed by atoms with E-state index >= 15 is 0 Å². The Morgan fingerprint density at radius 2 is 1.81 bits per heavy atom. The number of pyridine rings is 1. The van der Waals surface area contributed by atoms with Crippen LogP contribution < -0.4 is 5.32 Å². The maximum Gasteiger partial charge on any atom is 0.341 e. The highest BCUT2D eigenvalue weighted by molar-refractivity contribution is 6.32. The fourth-order valence-corrected chi connectivity index (χ4v) is 2.54. The Morgan fingerprint density at radius 3 is 2.44 bits per heavy atom. The molecule has 7 nitrogen and oxygen atoms in total. The van der Waals surface area contributed by atoms with Crippen molar-refractivity contribution in [2.75, 3.05) is 25.5 Å². The molecule has 1 aromatic carbocycles. The SMILES string of the molecule is Cc1cccc(C)c1NC(=O)CN(C)C(=O)COC(=O)c1cccnc1Cl. The fraction of sp³-hybridized carbons (Fsp3) is 0.263. The maximum atomic E-state index is 12.2. The van der Waals surface area contributed by atoms with Crippen LogP contribution in [0, 0.1) is 13.8 Å². The zero-order chi connectivity index (χ0) is 20.0. The van der Waals surface area contributed by atoms with Gasteiger partial charge in [-0.25, -0.2) is 9.78 Å². The van der Waals surface area contributed by atoms with E-state index in [4.69, 9.17) is 16.3 Å². The van der Waals surface area contributed by atoms with Crippen LogP contribution >= 0.6 is 11.6 Å². The number of aryl methyl sites for hydroxylation is 2. The number of hydrogen-bond acceptors (Lipinski definition) is 5. The van der Waals surface area contributed by atoms with Crippen LogP contribution in [0.3, 0.4) is 0 Å². The second kappa shape index (κ2) is 9.14. The van der Waals surface area contributed by atoms with Gasteiger partial charge in [-0.2, -0.15) is 0 Å². The number of nitrogens with one attached hydrogen (secondary N) is 1. The highest BCUT2D eigenvalue weighted by Crippen LogP contribution is 2.19. The van der Waals surface area contributed by atoms with E-state index < -0.39 is 18.5 Å². The molecule has 1 heterocycles. The monoisotopic (exact) mass is 389 g/mol. The van der Waals surface area contributed by atoms with Crippen LogP contribution in [0.1, 0.15) is 21.5 Å². The first-order valence-electron chi connectivity index (χ1n) is 8.17. The van der Waals surface area contributed by atoms with E-state index in [9.17, 15) is 14.4 Å². The third-order valence-corrected chi connectivity index (χ3v) is 4.16. The minimum absolute atomic E-state index is 0.00344. The molecule has 2 rings (SSSR count). The number of nitrogens with zero attached hydrogens (tertiary/aromatic N) is 2. The van der Waals surface area contributed by atoms with Gasteiger partial charge in [0.1, 0.15) is 5.15 Å². The Bertz CT molecular complexity index is 850. The van der Waals surface area contributed by atoms with Gasteiger partial charge in [-0.3, -0.25) is 9.59 Å². The van der Waals surface area contributed by atoms with Crippen molar-refractivity contribution in [1.82, 2.24) is 9.88 Å². The van der Waals surface area contributed by atoms with Crippen LogP contribution in [-0.2, 0) is 14.3 Å². The number of para-hydroxylation sites is 1. The molecule has 0 bridgehead atoms. The van der Waals surface area contributed by atoms with Gasteiger partial charge in [0.25, 0.3) is 5.91 Å². The summed E-state index contributed by atoms with van der Waals surface area (Å²) in [7, 11) is 1.46. The molecule has 2 aromatic rings. The molecule has 142 valence electrons. The Kier molecular flexibility index (Phi) is 6.90. The highest BCUT2D eigenvalue weighted by Gasteiger charge is 2.18. The van der Waals surface area contributed by atoms with Gasteiger partial charge in [0.2, 0.25) is 5.91 Å². The molecule has 1 N–H and O–H groups in total. The molecule has 0 unspecified atom stereocenters. The summed E-state index contributed by atoms with van der Waals surface area (Å²) in [6.45, 7) is 3.11. The standard InChI is InChI=1S/C19H20ClN3O4/c1-12-6-4-7-13(2)17(12)22-15(24)10-23(3)16(25)11-27-19(26)14-8-5-9-21-18(14)20/h4-9H,10-11H2,1-3H3,(H,22,24). The number of carbonyl (C=O) groups is 3. The van der Waals surface area contributed by atoms with Gasteiger partial charge in [0.15, 0.2) is 6.61 Å². The zero-order valence-corrected chi connectivity index (χ0v) is 16.0. The van der Waals surface area contributed by atoms with Crippen LogP contribution in [-0.4, -0.2) is 47.9 Å². The largest absolute Gasteiger partial charge is 0.452 e. The first-order chi connectivity index (χ1) is 12.8. The summed E-state index contributed by atoms with van der Waals surface area (Å²) in [6.07, 6.45) is 1.44. The number of aromatic nitrogens is 1. The molecular weight excluding hydrogens is 370 g/mol. The molecule has 0 atom stereocenters. The van der Waals surface area contributed by atoms with E-state index in [1.165, 1.54) is 30.3 Å². The van der Waals surface area contributed by atoms with Gasteiger partial charge in [-0.05, 0) is 37.1 Å². The first-order valence-corrected chi connectivity index (χ1v) is 8.55. The van der Waals surface area contributed by atoms with Crippen LogP contribution in [0.2, 0.25) is 5.15 Å². The van der Waals surface area contributed by atoms with Gasteiger partial charge in [-0.1, -0.05) is 29.8 Å². The van der Waals surface area contributed by atoms with Crippen molar-refractivity contribution >= 4 is 35.1 Å². The molecule has 1 aromatic heterocycles. The molecule has 0 saturated heterocycles. The van der Waals surface area contributed by atoms with Gasteiger partial charge < -0.3 is 15.0 Å². The number of hydrogen-bond donors (Lipinski definition) is 1. The zero-order valence-electron chi connectivity index (χ0n) is 15.3. The number of esters is 1. The number of ether oxygens (including phenoxy) is 1. The third kappa shape index (κ3) is 5.52. The van der Waals surface area contributed by atoms with Crippen LogP contribution in [0.5, 0.6) is 0 Å². The Balaban J connectivity index is 1.87. The van der Waals surface area contributed by atoms with E-state index in [1.54, 1.807) is 0 Å². The van der Waals surface area contributed by atoms with Crippen molar-refractivity contribution in [2.24, 2.45) is 0 Å². The van der Waals surface area contributed by atoms with Crippen molar-refractivity contribution in [1.29, 1.82) is 0 Å². The minimum Gasteiger partial charge on any atom is -0.452 e. The summed E-state index contributed by atoms with van der Waals surface area (Å²) in [5, 5.41) is 2.79. The highest BCUT2D eigenvalue weighted by atomic mass is 35.5. The number of halogens is 1. The normalized spacial score (nSPS) is 10.2. The molecule has 0 spiro atoms. The number of amides is 2. The summed E-state index contributed by atoms with van der Waals surface area (Å²) < 4.78 is 4.94. The van der Waals surface area contributed by atoms with E-state index in [1.807, 2.05) is 32.0 Å². The molecule has 8 heteroatoms. The van der Waals surface area contributed by atoms with E-state index in [-0.39, 0.29) is 23.2 Å². The van der Waals surface area contributed by atoms with Crippen LogP contribution in [0.15, 0.2) is 36.5 Å². The van der Waals surface area contributed by atoms with Gasteiger partial charge in [0.05, 0.1) is 12.1 Å². The van der Waals surface area contributed by atoms with E-state index in [0.29, 0.717) is 0 Å². The summed E-state index contributed by atoms with van der Waals surface area (Å²) in [5.41, 5.74) is 2.66. The third-order valence-electron chi connectivity index (χ3n) is 3.86. The molecule has 0 fully saturated rings. The second-order valence-corrected chi connectivity index (χ2v) is 6.34. The lowest BCUT2D eigenvalue weighted by Gasteiger charge is -2.18. The minimum atomic E-state index is -0.755. The molecule has 0 aliphatic rings. The molecule has 27 heavy (non-hydrogen) atoms. The average Bonchev–Trinajstić information content (AvgIpc) is 2.63. The fourth-order valence-electron chi connectivity index (χ4n) is 2.35. The van der Waals surface area contributed by atoms with Crippen molar-refractivity contribution in [2.45, 2.75) is 13.8 Å². The van der Waals surface area contributed by atoms with Crippen molar-refractivity contribution in [3.63, 3.8) is 0 Å². The van der Waals surface area contributed by atoms with Crippen molar-refractivity contribution in [3.8, 4) is 0 Å². The number of likely N-dealkylation sites (N-methyl/N-ethyl adjacent to an activating group) is 1. The lowest BCUT2D eigenvalue weighted by Crippen LogP contribution is -2.37. The molecule has 0 aliphatic heterocycles. The Hall–Kier alpha value is -2.93. The van der Waals surface area contributed by atoms with E-state index in [2.05, 4.69) is 10.3 Å². The number of carbonyl (C=O) groups excluding carboxylic acids is 3. The van der Waals surface area contributed by atoms with Gasteiger partial charge in [-0.15, -0.1) is 0 Å². The maximum absolute atomic E-state index is 12.2. The smallest absolute Gasteiger partial charge is 0.341 e. The Labute approximate surface area is 162 Å². The van der Waals surface area contributed by atoms with Gasteiger partial charge in [0, 0.05) is 18.9 Å². The van der Waals surface area contributed by atoms with Crippen molar-refractivity contribution in [3.05, 3.63) is 58.4 Å². The average molecular weight is 390 g/mol. The molecule has 0 saturated carbocycles. The number of rotatable bonds is 6. The Morgan fingerprint density at radius 1 is 1.15 bits per heavy atom. The lowest BCUT2D eigenvalue weighted by atomic mass is 10.1. The molecular formula is C19H20ClN3O4. The summed E-state index contributed by atoms with van der Waals surface area (Å²) in [5.74, 6) is -1.61. The van der Waals surface area contributed by atoms with E-state index in [0.717, 1.165) is 16.8 Å². The second-order valence-electron chi connectivity index (χ2n) is 5.98. The predicted octanol–water partition coefficient (Wildman–Crippen LogP) is 2.61. The number of benzene rings is 1. The van der Waals surface area contributed by atoms with Crippen LogP contribution in [0.4, 0.5) is 5.69 Å². The first kappa shape index (κ1) is 20.4. The predicted molar refractivity (Wildman–Crippen MR) is 102 cm³/mol. The van der Waals surface area contributed by atoms with Crippen molar-refractivity contribution < 1.29 is 19.1 Å². The molecule has 2 amide bonds. The lowest BCUT2D eigenvalue weighted by molar-refractivity contribution is -0.136. The number of anilines is 1.